The van der Waals surface area contributed by atoms with Crippen LogP contribution < -0.4 is 4.74 Å². The summed E-state index contributed by atoms with van der Waals surface area (Å²) in [4.78, 5) is 10.6. The molecule has 1 rings (SSSR count). The number of carbonyl (C=O) groups excluding carboxylic acids is 1. The first-order chi connectivity index (χ1) is 7.63. The fourth-order valence-electron chi connectivity index (χ4n) is 1.33. The van der Waals surface area contributed by atoms with Crippen LogP contribution in [0.1, 0.15) is 22.0 Å². The van der Waals surface area contributed by atoms with Crippen LogP contribution in [-0.4, -0.2) is 41.4 Å². The molecule has 0 radical (unpaired) electrons. The van der Waals surface area contributed by atoms with Gasteiger partial charge in [0.2, 0.25) is 0 Å². The van der Waals surface area contributed by atoms with Gasteiger partial charge in [-0.15, -0.1) is 0 Å². The van der Waals surface area contributed by atoms with Crippen molar-refractivity contribution in [2.24, 2.45) is 0 Å². The van der Waals surface area contributed by atoms with E-state index in [0.717, 1.165) is 0 Å². The van der Waals surface area contributed by atoms with Gasteiger partial charge in [-0.2, -0.15) is 0 Å². The van der Waals surface area contributed by atoms with Crippen molar-refractivity contribution >= 4 is 6.29 Å². The summed E-state index contributed by atoms with van der Waals surface area (Å²) in [5.41, 5.74) is 0.737. The lowest BCUT2D eigenvalue weighted by atomic mass is 10.0. The number of benzene rings is 1. The zero-order valence-electron chi connectivity index (χ0n) is 8.83. The molecule has 0 bridgehead atoms. The molecule has 0 saturated carbocycles. The predicted octanol–water partition coefficient (Wildman–Crippen LogP) is -0.106. The van der Waals surface area contributed by atoms with Gasteiger partial charge in [0, 0.05) is 0 Å². The number of hydrogen-bond donors (Lipinski definition) is 3. The largest absolute Gasteiger partial charge is 0.496 e. The Labute approximate surface area is 92.9 Å². The zero-order valence-corrected chi connectivity index (χ0v) is 8.83. The van der Waals surface area contributed by atoms with Crippen LogP contribution in [0.15, 0.2) is 18.2 Å². The molecule has 0 amide bonds. The number of methoxy groups -OCH3 is 1. The molecule has 5 heteroatoms. The van der Waals surface area contributed by atoms with Gasteiger partial charge in [-0.25, -0.2) is 0 Å². The maximum absolute atomic E-state index is 10.6. The summed E-state index contributed by atoms with van der Waals surface area (Å²) in [6.07, 6.45) is -1.83. The molecule has 0 spiro atoms. The van der Waals surface area contributed by atoms with Crippen LogP contribution in [0.25, 0.3) is 0 Å². The van der Waals surface area contributed by atoms with Gasteiger partial charge in [-0.05, 0) is 17.7 Å². The molecule has 0 heterocycles. The lowest BCUT2D eigenvalue weighted by molar-refractivity contribution is -0.0153. The summed E-state index contributed by atoms with van der Waals surface area (Å²) in [5.74, 6) is 0.316. The second kappa shape index (κ2) is 5.60. The average Bonchev–Trinajstić information content (AvgIpc) is 2.35. The first-order valence-corrected chi connectivity index (χ1v) is 4.74. The highest BCUT2D eigenvalue weighted by molar-refractivity contribution is 5.79. The van der Waals surface area contributed by atoms with E-state index in [4.69, 9.17) is 9.84 Å². The normalized spacial score (nSPS) is 14.2. The second-order valence-electron chi connectivity index (χ2n) is 3.31. The Morgan fingerprint density at radius 3 is 2.62 bits per heavy atom. The average molecular weight is 226 g/mol. The number of hydrogen-bond acceptors (Lipinski definition) is 5. The molecular weight excluding hydrogens is 212 g/mol. The Morgan fingerprint density at radius 2 is 2.12 bits per heavy atom. The maximum Gasteiger partial charge on any atom is 0.153 e. The van der Waals surface area contributed by atoms with Gasteiger partial charge < -0.3 is 20.1 Å². The molecule has 0 fully saturated rings. The van der Waals surface area contributed by atoms with Crippen molar-refractivity contribution in [2.45, 2.75) is 12.2 Å². The van der Waals surface area contributed by atoms with E-state index in [9.17, 15) is 15.0 Å². The Morgan fingerprint density at radius 1 is 1.44 bits per heavy atom. The minimum Gasteiger partial charge on any atom is -0.496 e. The third kappa shape index (κ3) is 2.57. The molecule has 3 N–H and O–H groups in total. The Bertz CT molecular complexity index is 363. The summed E-state index contributed by atoms with van der Waals surface area (Å²) < 4.78 is 4.95. The van der Waals surface area contributed by atoms with Gasteiger partial charge in [0.1, 0.15) is 18.0 Å². The third-order valence-electron chi connectivity index (χ3n) is 2.28. The summed E-state index contributed by atoms with van der Waals surface area (Å²) in [6.45, 7) is -0.543. The molecule has 2 atom stereocenters. The molecule has 0 aliphatic rings. The predicted molar refractivity (Wildman–Crippen MR) is 56.4 cm³/mol. The quantitative estimate of drug-likeness (QED) is 0.610. The zero-order chi connectivity index (χ0) is 12.1. The van der Waals surface area contributed by atoms with Gasteiger partial charge in [-0.3, -0.25) is 4.79 Å². The number of aliphatic hydroxyl groups is 3. The fraction of sp³-hybridized carbons (Fsp3) is 0.364. The van der Waals surface area contributed by atoms with E-state index < -0.39 is 18.8 Å². The molecule has 1 aromatic carbocycles. The Balaban J connectivity index is 3.02. The summed E-state index contributed by atoms with van der Waals surface area (Å²) in [7, 11) is 1.40. The monoisotopic (exact) mass is 226 g/mol. The molecule has 5 nitrogen and oxygen atoms in total. The van der Waals surface area contributed by atoms with E-state index in [1.54, 1.807) is 0 Å². The van der Waals surface area contributed by atoms with Crippen molar-refractivity contribution in [2.75, 3.05) is 13.7 Å². The second-order valence-corrected chi connectivity index (χ2v) is 3.31. The highest BCUT2D eigenvalue weighted by atomic mass is 16.5. The van der Waals surface area contributed by atoms with Crippen molar-refractivity contribution in [3.8, 4) is 5.75 Å². The van der Waals surface area contributed by atoms with E-state index in [2.05, 4.69) is 0 Å². The van der Waals surface area contributed by atoms with Crippen molar-refractivity contribution in [3.05, 3.63) is 29.3 Å². The van der Waals surface area contributed by atoms with Crippen molar-refractivity contribution in [3.63, 3.8) is 0 Å². The summed E-state index contributed by atoms with van der Waals surface area (Å²) in [6, 6.07) is 4.43. The molecule has 0 aliphatic carbocycles. The molecule has 0 aromatic heterocycles. The van der Waals surface area contributed by atoms with E-state index in [-0.39, 0.29) is 0 Å². The van der Waals surface area contributed by atoms with Crippen LogP contribution in [0, 0.1) is 0 Å². The topological polar surface area (TPSA) is 87.0 Å². The lowest BCUT2D eigenvalue weighted by Crippen LogP contribution is -2.22. The highest BCUT2D eigenvalue weighted by Gasteiger charge is 2.18. The number of ether oxygens (including phenoxy) is 1. The molecule has 88 valence electrons. The van der Waals surface area contributed by atoms with Gasteiger partial charge >= 0.3 is 0 Å². The number of rotatable bonds is 5. The van der Waals surface area contributed by atoms with Gasteiger partial charge in [0.15, 0.2) is 6.29 Å². The van der Waals surface area contributed by atoms with E-state index >= 15 is 0 Å². The van der Waals surface area contributed by atoms with Crippen molar-refractivity contribution < 1.29 is 24.9 Å². The van der Waals surface area contributed by atoms with Crippen LogP contribution in [-0.2, 0) is 0 Å². The fourth-order valence-corrected chi connectivity index (χ4v) is 1.33. The van der Waals surface area contributed by atoms with Crippen LogP contribution in [0.2, 0.25) is 0 Å². The first kappa shape index (κ1) is 12.6. The van der Waals surface area contributed by atoms with Crippen molar-refractivity contribution in [1.82, 2.24) is 0 Å². The Kier molecular flexibility index (Phi) is 4.42. The molecule has 0 aliphatic heterocycles. The highest BCUT2D eigenvalue weighted by Crippen LogP contribution is 2.24. The minimum absolute atomic E-state index is 0.316. The molecule has 16 heavy (non-hydrogen) atoms. The van der Waals surface area contributed by atoms with Crippen LogP contribution in [0.3, 0.4) is 0 Å². The number of carbonyl (C=O) groups is 1. The molecule has 0 saturated heterocycles. The van der Waals surface area contributed by atoms with E-state index in [0.29, 0.717) is 23.2 Å². The van der Waals surface area contributed by atoms with Crippen LogP contribution in [0.4, 0.5) is 0 Å². The standard InChI is InChI=1S/C11H14O5/c1-16-10-4-7(2-3-8(10)5-12)11(15)9(14)6-13/h2-5,9,11,13-15H,6H2,1H3. The number of aliphatic hydroxyl groups excluding tert-OH is 3. The molecule has 1 aromatic rings. The summed E-state index contributed by atoms with van der Waals surface area (Å²) in [5, 5.41) is 27.6. The van der Waals surface area contributed by atoms with E-state index in [1.807, 2.05) is 0 Å². The van der Waals surface area contributed by atoms with Crippen LogP contribution in [0.5, 0.6) is 5.75 Å². The minimum atomic E-state index is -1.26. The van der Waals surface area contributed by atoms with Gasteiger partial charge in [-0.1, -0.05) is 6.07 Å². The third-order valence-corrected chi connectivity index (χ3v) is 2.28. The smallest absolute Gasteiger partial charge is 0.153 e. The van der Waals surface area contributed by atoms with Crippen LogP contribution >= 0.6 is 0 Å². The summed E-state index contributed by atoms with van der Waals surface area (Å²) >= 11 is 0. The van der Waals surface area contributed by atoms with Gasteiger partial charge in [0.25, 0.3) is 0 Å². The first-order valence-electron chi connectivity index (χ1n) is 4.74. The lowest BCUT2D eigenvalue weighted by Gasteiger charge is -2.17. The van der Waals surface area contributed by atoms with Gasteiger partial charge in [0.05, 0.1) is 19.3 Å². The number of aldehydes is 1. The van der Waals surface area contributed by atoms with Crippen molar-refractivity contribution in [1.29, 1.82) is 0 Å². The molecule has 2 unspecified atom stereocenters. The maximum atomic E-state index is 10.6. The van der Waals surface area contributed by atoms with E-state index in [1.165, 1.54) is 25.3 Å². The SMILES string of the molecule is COc1cc(C(O)C(O)CO)ccc1C=O. The molecular formula is C11H14O5. The Hall–Kier alpha value is -1.43.